The summed E-state index contributed by atoms with van der Waals surface area (Å²) in [4.78, 5) is 18.0. The van der Waals surface area contributed by atoms with Crippen molar-refractivity contribution in [3.05, 3.63) is 29.8 Å². The number of amides is 1. The Labute approximate surface area is 187 Å². The number of nitrogens with zero attached hydrogens (tertiary/aromatic N) is 2. The molecule has 1 amide bonds. The van der Waals surface area contributed by atoms with E-state index in [1.807, 2.05) is 0 Å². The maximum Gasteiger partial charge on any atom is 0.227 e. The van der Waals surface area contributed by atoms with Crippen molar-refractivity contribution in [2.75, 3.05) is 44.3 Å². The summed E-state index contributed by atoms with van der Waals surface area (Å²) in [5, 5.41) is 3.07. The molecule has 3 atom stereocenters. The number of rotatable bonds is 4. The number of anilines is 1. The zero-order chi connectivity index (χ0) is 21.4. The molecule has 4 fully saturated rings. The normalized spacial score (nSPS) is 32.9. The summed E-state index contributed by atoms with van der Waals surface area (Å²) in [7, 11) is 0. The van der Waals surface area contributed by atoms with Gasteiger partial charge in [-0.25, -0.2) is 0 Å². The Bertz CT molecular complexity index is 771. The minimum Gasteiger partial charge on any atom is -0.381 e. The lowest BCUT2D eigenvalue weighted by Crippen LogP contribution is -2.48. The van der Waals surface area contributed by atoms with Crippen LogP contribution in [0.3, 0.4) is 0 Å². The van der Waals surface area contributed by atoms with Gasteiger partial charge in [-0.2, -0.15) is 0 Å². The van der Waals surface area contributed by atoms with Crippen LogP contribution in [0.25, 0.3) is 0 Å². The highest BCUT2D eigenvalue weighted by atomic mass is 16.5. The Morgan fingerprint density at radius 2 is 1.84 bits per heavy atom. The molecule has 4 aliphatic rings. The summed E-state index contributed by atoms with van der Waals surface area (Å²) in [6, 6.07) is 10.6. The molecule has 1 aromatic carbocycles. The average molecular weight is 426 g/mol. The number of nitrogens with one attached hydrogen (secondary N) is 1. The number of piperidine rings is 1. The monoisotopic (exact) mass is 425 g/mol. The topological polar surface area (TPSA) is 44.8 Å². The third-order valence-corrected chi connectivity index (χ3v) is 8.66. The van der Waals surface area contributed by atoms with Crippen LogP contribution in [-0.2, 0) is 9.53 Å². The number of likely N-dealkylation sites (tertiary alicyclic amines) is 1. The second-order valence-corrected chi connectivity index (χ2v) is 10.5. The lowest BCUT2D eigenvalue weighted by Gasteiger charge is -2.41. The summed E-state index contributed by atoms with van der Waals surface area (Å²) >= 11 is 0. The number of hydrogen-bond acceptors (Lipinski definition) is 4. The molecule has 0 radical (unpaired) electrons. The second-order valence-electron chi connectivity index (χ2n) is 10.5. The third-order valence-electron chi connectivity index (χ3n) is 8.66. The van der Waals surface area contributed by atoms with Crippen molar-refractivity contribution in [1.29, 1.82) is 0 Å². The quantitative estimate of drug-likeness (QED) is 0.797. The van der Waals surface area contributed by atoms with Gasteiger partial charge in [-0.3, -0.25) is 9.69 Å². The maximum absolute atomic E-state index is 12.7. The minimum absolute atomic E-state index is 0.173. The van der Waals surface area contributed by atoms with Gasteiger partial charge in [0, 0.05) is 49.9 Å². The average Bonchev–Trinajstić information content (AvgIpc) is 3.43. The van der Waals surface area contributed by atoms with Gasteiger partial charge in [0.15, 0.2) is 0 Å². The SMILES string of the molecule is CC(C)C1CCCN1C1CCN(c2ccc(C3COCCC34CCNC4=O)cc2)CC1. The van der Waals surface area contributed by atoms with Gasteiger partial charge in [-0.15, -0.1) is 0 Å². The van der Waals surface area contributed by atoms with Crippen molar-refractivity contribution < 1.29 is 9.53 Å². The fourth-order valence-electron chi connectivity index (χ4n) is 6.82. The molecule has 4 saturated heterocycles. The minimum atomic E-state index is -0.263. The molecular weight excluding hydrogens is 386 g/mol. The third kappa shape index (κ3) is 3.89. The lowest BCUT2D eigenvalue weighted by atomic mass is 9.68. The van der Waals surface area contributed by atoms with E-state index in [-0.39, 0.29) is 17.2 Å². The number of benzene rings is 1. The largest absolute Gasteiger partial charge is 0.381 e. The highest BCUT2D eigenvalue weighted by molar-refractivity contribution is 5.86. The van der Waals surface area contributed by atoms with Gasteiger partial charge in [0.05, 0.1) is 12.0 Å². The lowest BCUT2D eigenvalue weighted by molar-refractivity contribution is -0.134. The molecule has 170 valence electrons. The van der Waals surface area contributed by atoms with Crippen LogP contribution in [0.5, 0.6) is 0 Å². The summed E-state index contributed by atoms with van der Waals surface area (Å²) in [5.41, 5.74) is 2.32. The molecule has 3 unspecified atom stereocenters. The van der Waals surface area contributed by atoms with E-state index in [1.54, 1.807) is 0 Å². The molecular formula is C26H39N3O2. The molecule has 4 heterocycles. The van der Waals surface area contributed by atoms with Crippen LogP contribution in [0.2, 0.25) is 0 Å². The van der Waals surface area contributed by atoms with Gasteiger partial charge >= 0.3 is 0 Å². The van der Waals surface area contributed by atoms with E-state index < -0.39 is 0 Å². The van der Waals surface area contributed by atoms with Crippen molar-refractivity contribution in [3.63, 3.8) is 0 Å². The molecule has 4 aliphatic heterocycles. The molecule has 0 aliphatic carbocycles. The smallest absolute Gasteiger partial charge is 0.227 e. The number of carbonyl (C=O) groups excluding carboxylic acids is 1. The van der Waals surface area contributed by atoms with Gasteiger partial charge in [0.2, 0.25) is 5.91 Å². The Balaban J connectivity index is 1.23. The Kier molecular flexibility index (Phi) is 6.00. The van der Waals surface area contributed by atoms with Crippen LogP contribution in [0.4, 0.5) is 5.69 Å². The zero-order valence-corrected chi connectivity index (χ0v) is 19.3. The van der Waals surface area contributed by atoms with Gasteiger partial charge in [0.25, 0.3) is 0 Å². The Morgan fingerprint density at radius 1 is 1.06 bits per heavy atom. The van der Waals surface area contributed by atoms with Crippen molar-refractivity contribution in [2.45, 2.75) is 70.4 Å². The van der Waals surface area contributed by atoms with Crippen LogP contribution < -0.4 is 10.2 Å². The highest BCUT2D eigenvalue weighted by Crippen LogP contribution is 2.47. The fraction of sp³-hybridized carbons (Fsp3) is 0.731. The fourth-order valence-corrected chi connectivity index (χ4v) is 6.82. The van der Waals surface area contributed by atoms with Gasteiger partial charge in [-0.05, 0) is 68.7 Å². The molecule has 1 aromatic rings. The second kappa shape index (κ2) is 8.74. The van der Waals surface area contributed by atoms with Crippen LogP contribution >= 0.6 is 0 Å². The van der Waals surface area contributed by atoms with E-state index in [0.29, 0.717) is 13.2 Å². The summed E-state index contributed by atoms with van der Waals surface area (Å²) < 4.78 is 5.81. The van der Waals surface area contributed by atoms with Gasteiger partial charge < -0.3 is 15.0 Å². The van der Waals surface area contributed by atoms with Gasteiger partial charge in [0.1, 0.15) is 0 Å². The number of hydrogen-bond donors (Lipinski definition) is 1. The molecule has 1 N–H and O–H groups in total. The predicted octanol–water partition coefficient (Wildman–Crippen LogP) is 3.79. The van der Waals surface area contributed by atoms with E-state index in [1.165, 1.54) is 43.5 Å². The Hall–Kier alpha value is -1.59. The molecule has 31 heavy (non-hydrogen) atoms. The van der Waals surface area contributed by atoms with Gasteiger partial charge in [-0.1, -0.05) is 26.0 Å². The van der Waals surface area contributed by atoms with E-state index in [2.05, 4.69) is 53.2 Å². The van der Waals surface area contributed by atoms with E-state index >= 15 is 0 Å². The van der Waals surface area contributed by atoms with Crippen molar-refractivity contribution in [1.82, 2.24) is 10.2 Å². The molecule has 0 saturated carbocycles. The first-order valence-corrected chi connectivity index (χ1v) is 12.6. The standard InChI is InChI=1S/C26H39N3O2/c1-19(2)24-4-3-14-29(24)22-9-15-28(16-10-22)21-7-5-20(6-8-21)23-18-31-17-12-26(23)11-13-27-25(26)30/h5-8,19,22-24H,3-4,9-18H2,1-2H3,(H,27,30). The first-order chi connectivity index (χ1) is 15.1. The van der Waals surface area contributed by atoms with E-state index in [0.717, 1.165) is 50.5 Å². The molecule has 0 aromatic heterocycles. The molecule has 1 spiro atoms. The summed E-state index contributed by atoms with van der Waals surface area (Å²) in [6.07, 6.45) is 7.06. The van der Waals surface area contributed by atoms with Crippen LogP contribution in [0.15, 0.2) is 24.3 Å². The summed E-state index contributed by atoms with van der Waals surface area (Å²) in [5.74, 6) is 1.17. The first-order valence-electron chi connectivity index (χ1n) is 12.6. The van der Waals surface area contributed by atoms with Crippen molar-refractivity contribution >= 4 is 11.6 Å². The number of carbonyl (C=O) groups is 1. The highest BCUT2D eigenvalue weighted by Gasteiger charge is 2.50. The molecule has 5 rings (SSSR count). The predicted molar refractivity (Wildman–Crippen MR) is 124 cm³/mol. The molecule has 0 bridgehead atoms. The Morgan fingerprint density at radius 3 is 2.52 bits per heavy atom. The summed E-state index contributed by atoms with van der Waals surface area (Å²) in [6.45, 7) is 10.5. The number of ether oxygens (including phenoxy) is 1. The zero-order valence-electron chi connectivity index (χ0n) is 19.3. The molecule has 5 heteroatoms. The maximum atomic E-state index is 12.7. The van der Waals surface area contributed by atoms with Crippen LogP contribution in [0, 0.1) is 11.3 Å². The van der Waals surface area contributed by atoms with Crippen molar-refractivity contribution in [3.8, 4) is 0 Å². The van der Waals surface area contributed by atoms with Crippen LogP contribution in [0.1, 0.15) is 63.9 Å². The van der Waals surface area contributed by atoms with Crippen LogP contribution in [-0.4, -0.2) is 62.3 Å². The van der Waals surface area contributed by atoms with E-state index in [4.69, 9.17) is 4.74 Å². The van der Waals surface area contributed by atoms with Crippen molar-refractivity contribution in [2.24, 2.45) is 11.3 Å². The first kappa shape index (κ1) is 21.3. The molecule has 5 nitrogen and oxygen atoms in total. The van der Waals surface area contributed by atoms with E-state index in [9.17, 15) is 4.79 Å².